The zero-order valence-corrected chi connectivity index (χ0v) is 14.5. The van der Waals surface area contributed by atoms with Gasteiger partial charge in [-0.1, -0.05) is 6.07 Å². The number of urea groups is 1. The van der Waals surface area contributed by atoms with Crippen molar-refractivity contribution in [2.75, 3.05) is 19.7 Å². The molecule has 1 aliphatic heterocycles. The van der Waals surface area contributed by atoms with Crippen LogP contribution in [-0.2, 0) is 4.74 Å². The van der Waals surface area contributed by atoms with Gasteiger partial charge in [-0.15, -0.1) is 11.3 Å². The van der Waals surface area contributed by atoms with Crippen molar-refractivity contribution < 1.29 is 13.9 Å². The van der Waals surface area contributed by atoms with Gasteiger partial charge in [0.1, 0.15) is 17.6 Å². The van der Waals surface area contributed by atoms with Crippen molar-refractivity contribution in [1.29, 1.82) is 0 Å². The standard InChI is InChI=1S/C17H22N2O3S/c1-11-9-14(13(3)22-11)12(2)18-17(20)19-6-7-21-15(10-19)16-5-4-8-23-16/h4-5,8-9,12,15H,6-7,10H2,1-3H3,(H,18,20)/t12-,15+/m0/s1. The van der Waals surface area contributed by atoms with Crippen molar-refractivity contribution in [3.8, 4) is 0 Å². The minimum Gasteiger partial charge on any atom is -0.466 e. The Hall–Kier alpha value is -1.79. The van der Waals surface area contributed by atoms with Gasteiger partial charge in [-0.05, 0) is 38.3 Å². The minimum absolute atomic E-state index is 0.0253. The molecule has 1 fully saturated rings. The second-order valence-electron chi connectivity index (χ2n) is 5.86. The van der Waals surface area contributed by atoms with Crippen LogP contribution in [-0.4, -0.2) is 30.6 Å². The molecule has 2 amide bonds. The summed E-state index contributed by atoms with van der Waals surface area (Å²) in [6.45, 7) is 7.58. The number of hydrogen-bond donors (Lipinski definition) is 1. The van der Waals surface area contributed by atoms with Crippen LogP contribution in [0.15, 0.2) is 28.0 Å². The van der Waals surface area contributed by atoms with Crippen LogP contribution >= 0.6 is 11.3 Å². The molecule has 0 aliphatic carbocycles. The smallest absolute Gasteiger partial charge is 0.318 e. The monoisotopic (exact) mass is 334 g/mol. The molecule has 1 saturated heterocycles. The fourth-order valence-corrected chi connectivity index (χ4v) is 3.68. The normalized spacial score (nSPS) is 19.6. The summed E-state index contributed by atoms with van der Waals surface area (Å²) in [5.74, 6) is 1.72. The molecule has 2 atom stereocenters. The Labute approximate surface area is 140 Å². The first kappa shape index (κ1) is 16.1. The first-order valence-electron chi connectivity index (χ1n) is 7.82. The molecule has 5 nitrogen and oxygen atoms in total. The average molecular weight is 334 g/mol. The lowest BCUT2D eigenvalue weighted by molar-refractivity contribution is -0.0138. The van der Waals surface area contributed by atoms with Crippen molar-refractivity contribution in [2.45, 2.75) is 32.9 Å². The van der Waals surface area contributed by atoms with E-state index in [9.17, 15) is 4.79 Å². The van der Waals surface area contributed by atoms with E-state index in [1.807, 2.05) is 43.2 Å². The van der Waals surface area contributed by atoms with Gasteiger partial charge < -0.3 is 19.4 Å². The summed E-state index contributed by atoms with van der Waals surface area (Å²) < 4.78 is 11.3. The Morgan fingerprint density at radius 1 is 1.48 bits per heavy atom. The van der Waals surface area contributed by atoms with E-state index in [0.29, 0.717) is 19.7 Å². The lowest BCUT2D eigenvalue weighted by Gasteiger charge is -2.33. The van der Waals surface area contributed by atoms with E-state index in [4.69, 9.17) is 9.15 Å². The number of carbonyl (C=O) groups excluding carboxylic acids is 1. The predicted molar refractivity (Wildman–Crippen MR) is 89.7 cm³/mol. The summed E-state index contributed by atoms with van der Waals surface area (Å²) in [4.78, 5) is 15.5. The van der Waals surface area contributed by atoms with Crippen molar-refractivity contribution in [3.05, 3.63) is 45.5 Å². The molecule has 0 bridgehead atoms. The van der Waals surface area contributed by atoms with Crippen molar-refractivity contribution >= 4 is 17.4 Å². The van der Waals surface area contributed by atoms with Gasteiger partial charge in [0.05, 0.1) is 19.2 Å². The minimum atomic E-state index is -0.0806. The van der Waals surface area contributed by atoms with Crippen LogP contribution in [0.2, 0.25) is 0 Å². The number of furan rings is 1. The van der Waals surface area contributed by atoms with E-state index in [0.717, 1.165) is 22.0 Å². The number of nitrogens with zero attached hydrogens (tertiary/aromatic N) is 1. The summed E-state index contributed by atoms with van der Waals surface area (Å²) in [7, 11) is 0. The first-order chi connectivity index (χ1) is 11.0. The largest absolute Gasteiger partial charge is 0.466 e. The van der Waals surface area contributed by atoms with Crippen LogP contribution < -0.4 is 5.32 Å². The van der Waals surface area contributed by atoms with Gasteiger partial charge in [0.2, 0.25) is 0 Å². The van der Waals surface area contributed by atoms with Gasteiger partial charge in [-0.3, -0.25) is 0 Å². The molecule has 3 heterocycles. The molecule has 0 radical (unpaired) electrons. The summed E-state index contributed by atoms with van der Waals surface area (Å²) in [5, 5.41) is 5.09. The van der Waals surface area contributed by atoms with Gasteiger partial charge >= 0.3 is 6.03 Å². The van der Waals surface area contributed by atoms with Crippen LogP contribution in [0.4, 0.5) is 4.79 Å². The van der Waals surface area contributed by atoms with Crippen molar-refractivity contribution in [3.63, 3.8) is 0 Å². The number of thiophene rings is 1. The molecule has 0 unspecified atom stereocenters. The van der Waals surface area contributed by atoms with Crippen LogP contribution in [0.25, 0.3) is 0 Å². The third-order valence-corrected chi connectivity index (χ3v) is 5.06. The second-order valence-corrected chi connectivity index (χ2v) is 6.84. The quantitative estimate of drug-likeness (QED) is 0.929. The Kier molecular flexibility index (Phi) is 4.73. The average Bonchev–Trinajstić information content (AvgIpc) is 3.17. The number of amides is 2. The molecular formula is C17H22N2O3S. The fourth-order valence-electron chi connectivity index (χ4n) is 2.91. The predicted octanol–water partition coefficient (Wildman–Crippen LogP) is 3.80. The number of aryl methyl sites for hydroxylation is 2. The number of ether oxygens (including phenoxy) is 1. The highest BCUT2D eigenvalue weighted by molar-refractivity contribution is 7.10. The van der Waals surface area contributed by atoms with E-state index >= 15 is 0 Å². The first-order valence-corrected chi connectivity index (χ1v) is 8.70. The second kappa shape index (κ2) is 6.76. The summed E-state index contributed by atoms with van der Waals surface area (Å²) in [6, 6.07) is 5.91. The molecular weight excluding hydrogens is 312 g/mol. The zero-order chi connectivity index (χ0) is 16.4. The molecule has 1 aliphatic rings. The molecule has 1 N–H and O–H groups in total. The van der Waals surface area contributed by atoms with Gasteiger partial charge in [-0.2, -0.15) is 0 Å². The molecule has 23 heavy (non-hydrogen) atoms. The Bertz CT molecular complexity index is 665. The Morgan fingerprint density at radius 2 is 2.30 bits per heavy atom. The fraction of sp³-hybridized carbons (Fsp3) is 0.471. The third kappa shape index (κ3) is 3.59. The lowest BCUT2D eigenvalue weighted by Crippen LogP contribution is -2.47. The zero-order valence-electron chi connectivity index (χ0n) is 13.7. The van der Waals surface area contributed by atoms with E-state index in [2.05, 4.69) is 11.4 Å². The van der Waals surface area contributed by atoms with Gasteiger partial charge in [-0.25, -0.2) is 4.79 Å². The Balaban J connectivity index is 1.62. The van der Waals surface area contributed by atoms with Gasteiger partial charge in [0.15, 0.2) is 0 Å². The SMILES string of the molecule is Cc1cc([C@H](C)NC(=O)N2CCO[C@@H](c3cccs3)C2)c(C)o1. The van der Waals surface area contributed by atoms with Gasteiger partial charge in [0, 0.05) is 17.0 Å². The lowest BCUT2D eigenvalue weighted by atomic mass is 10.1. The topological polar surface area (TPSA) is 54.7 Å². The number of nitrogens with one attached hydrogen (secondary N) is 1. The number of hydrogen-bond acceptors (Lipinski definition) is 4. The molecule has 2 aromatic heterocycles. The Morgan fingerprint density at radius 3 is 2.96 bits per heavy atom. The maximum atomic E-state index is 12.5. The van der Waals surface area contributed by atoms with E-state index in [-0.39, 0.29) is 18.2 Å². The molecule has 2 aromatic rings. The van der Waals surface area contributed by atoms with Crippen LogP contribution in [0.5, 0.6) is 0 Å². The van der Waals surface area contributed by atoms with E-state index in [1.165, 1.54) is 0 Å². The van der Waals surface area contributed by atoms with Gasteiger partial charge in [0.25, 0.3) is 0 Å². The summed E-state index contributed by atoms with van der Waals surface area (Å²) in [5.41, 5.74) is 1.03. The van der Waals surface area contributed by atoms with Crippen LogP contribution in [0, 0.1) is 13.8 Å². The maximum absolute atomic E-state index is 12.5. The number of rotatable bonds is 3. The maximum Gasteiger partial charge on any atom is 0.318 e. The van der Waals surface area contributed by atoms with Crippen molar-refractivity contribution in [1.82, 2.24) is 10.2 Å². The highest BCUT2D eigenvalue weighted by atomic mass is 32.1. The van der Waals surface area contributed by atoms with Crippen molar-refractivity contribution in [2.24, 2.45) is 0 Å². The molecule has 0 aromatic carbocycles. The summed E-state index contributed by atoms with van der Waals surface area (Å²) in [6.07, 6.45) is -0.0253. The highest BCUT2D eigenvalue weighted by Gasteiger charge is 2.27. The van der Waals surface area contributed by atoms with E-state index in [1.54, 1.807) is 11.3 Å². The van der Waals surface area contributed by atoms with Crippen LogP contribution in [0.1, 0.15) is 41.0 Å². The molecule has 124 valence electrons. The molecule has 0 saturated carbocycles. The number of carbonyl (C=O) groups is 1. The third-order valence-electron chi connectivity index (χ3n) is 4.10. The highest BCUT2D eigenvalue weighted by Crippen LogP contribution is 2.26. The molecule has 0 spiro atoms. The van der Waals surface area contributed by atoms with Crippen LogP contribution in [0.3, 0.4) is 0 Å². The molecule has 6 heteroatoms. The van der Waals surface area contributed by atoms with E-state index < -0.39 is 0 Å². The molecule has 3 rings (SSSR count). The summed E-state index contributed by atoms with van der Waals surface area (Å²) >= 11 is 1.66. The number of morpholine rings is 1.